The van der Waals surface area contributed by atoms with Crippen molar-refractivity contribution in [2.24, 2.45) is 0 Å². The predicted octanol–water partition coefficient (Wildman–Crippen LogP) is 5.72. The van der Waals surface area contributed by atoms with Gasteiger partial charge in [-0.1, -0.05) is 6.07 Å². The van der Waals surface area contributed by atoms with Crippen LogP contribution in [0.3, 0.4) is 0 Å². The van der Waals surface area contributed by atoms with E-state index in [1.54, 1.807) is 6.20 Å². The summed E-state index contributed by atoms with van der Waals surface area (Å²) >= 11 is 0. The molecule has 2 aliphatic heterocycles. The van der Waals surface area contributed by atoms with Gasteiger partial charge in [-0.05, 0) is 78.9 Å². The lowest BCUT2D eigenvalue weighted by Crippen LogP contribution is -1.91. The van der Waals surface area contributed by atoms with E-state index in [9.17, 15) is 0 Å². The number of hydrogen-bond donors (Lipinski definition) is 2. The van der Waals surface area contributed by atoms with Crippen LogP contribution in [0.2, 0.25) is 0 Å². The Kier molecular flexibility index (Phi) is 3.71. The molecule has 4 aromatic rings. The van der Waals surface area contributed by atoms with Crippen molar-refractivity contribution in [3.05, 3.63) is 89.6 Å². The third-order valence-corrected chi connectivity index (χ3v) is 5.14. The quantitative estimate of drug-likeness (QED) is 0.379. The largest absolute Gasteiger partial charge is 0.355 e. The van der Waals surface area contributed by atoms with E-state index in [1.807, 2.05) is 54.6 Å². The maximum absolute atomic E-state index is 4.86. The van der Waals surface area contributed by atoms with Crippen LogP contribution in [0.15, 0.2) is 66.9 Å². The lowest BCUT2D eigenvalue weighted by Gasteiger charge is -2.03. The fraction of sp³-hybridized carbons (Fsp3) is 0. The summed E-state index contributed by atoms with van der Waals surface area (Å²) in [6.07, 6.45) is 9.89. The molecule has 0 aromatic carbocycles. The molecule has 2 aliphatic rings. The Morgan fingerprint density at radius 3 is 1.67 bits per heavy atom. The lowest BCUT2D eigenvalue weighted by atomic mass is 10.1. The van der Waals surface area contributed by atoms with Crippen LogP contribution < -0.4 is 0 Å². The Hall–Kier alpha value is -4.25. The van der Waals surface area contributed by atoms with Crippen molar-refractivity contribution in [2.45, 2.75) is 0 Å². The first-order chi connectivity index (χ1) is 14.8. The molecule has 142 valence electrons. The van der Waals surface area contributed by atoms with Crippen molar-refractivity contribution in [1.29, 1.82) is 0 Å². The van der Waals surface area contributed by atoms with Crippen molar-refractivity contribution >= 4 is 46.4 Å². The van der Waals surface area contributed by atoms with E-state index >= 15 is 0 Å². The second kappa shape index (κ2) is 6.67. The van der Waals surface area contributed by atoms with Gasteiger partial charge < -0.3 is 9.97 Å². The fourth-order valence-corrected chi connectivity index (χ4v) is 3.78. The van der Waals surface area contributed by atoms with Gasteiger partial charge in [0.1, 0.15) is 0 Å². The highest BCUT2D eigenvalue weighted by Gasteiger charge is 2.14. The van der Waals surface area contributed by atoms with Crippen molar-refractivity contribution in [2.75, 3.05) is 0 Å². The van der Waals surface area contributed by atoms with Crippen molar-refractivity contribution in [3.8, 4) is 11.3 Å². The van der Waals surface area contributed by atoms with Gasteiger partial charge in [0.2, 0.25) is 0 Å². The van der Waals surface area contributed by atoms with Gasteiger partial charge in [-0.3, -0.25) is 4.98 Å². The molecule has 4 aromatic heterocycles. The van der Waals surface area contributed by atoms with Gasteiger partial charge in [-0.2, -0.15) is 0 Å². The maximum Gasteiger partial charge on any atom is 0.0753 e. The lowest BCUT2D eigenvalue weighted by molar-refractivity contribution is 1.24. The molecule has 6 heterocycles. The summed E-state index contributed by atoms with van der Waals surface area (Å²) in [4.78, 5) is 21.1. The number of rotatable bonds is 1. The molecule has 5 nitrogen and oxygen atoms in total. The number of aromatic nitrogens is 5. The molecule has 2 N–H and O–H groups in total. The number of nitrogens with one attached hydrogen (secondary N) is 2. The molecule has 0 aliphatic carbocycles. The number of pyridine rings is 1. The molecule has 0 unspecified atom stereocenters. The zero-order valence-corrected chi connectivity index (χ0v) is 16.0. The van der Waals surface area contributed by atoms with E-state index in [-0.39, 0.29) is 0 Å². The van der Waals surface area contributed by atoms with Crippen LogP contribution in [0.1, 0.15) is 22.8 Å². The number of nitrogens with zero attached hydrogens (tertiary/aromatic N) is 3. The van der Waals surface area contributed by atoms with Crippen LogP contribution in [0, 0.1) is 0 Å². The van der Waals surface area contributed by atoms with E-state index in [1.165, 1.54) is 0 Å². The molecule has 0 saturated carbocycles. The summed E-state index contributed by atoms with van der Waals surface area (Å²) in [5.74, 6) is 0. The normalized spacial score (nSPS) is 12.4. The van der Waals surface area contributed by atoms with Crippen LogP contribution >= 0.6 is 0 Å². The van der Waals surface area contributed by atoms with E-state index in [0.717, 1.165) is 56.1 Å². The highest BCUT2D eigenvalue weighted by Crippen LogP contribution is 2.29. The minimum absolute atomic E-state index is 0.854. The van der Waals surface area contributed by atoms with Gasteiger partial charge in [0.05, 0.1) is 34.0 Å². The van der Waals surface area contributed by atoms with E-state index in [2.05, 4.69) is 45.3 Å². The average molecular weight is 387 g/mol. The second-order valence-electron chi connectivity index (χ2n) is 7.27. The second-order valence-corrected chi connectivity index (χ2v) is 7.27. The van der Waals surface area contributed by atoms with E-state index in [0.29, 0.717) is 0 Å². The zero-order valence-electron chi connectivity index (χ0n) is 16.0. The average Bonchev–Trinajstić information content (AvgIpc) is 3.54. The first-order valence-corrected chi connectivity index (χ1v) is 9.79. The van der Waals surface area contributed by atoms with Crippen molar-refractivity contribution in [3.63, 3.8) is 0 Å². The number of aromatic amines is 2. The van der Waals surface area contributed by atoms with Crippen LogP contribution in [0.5, 0.6) is 0 Å². The Labute approximate surface area is 172 Å². The van der Waals surface area contributed by atoms with E-state index in [4.69, 9.17) is 9.97 Å². The van der Waals surface area contributed by atoms with Crippen LogP contribution in [-0.2, 0) is 0 Å². The highest BCUT2D eigenvalue weighted by molar-refractivity contribution is 5.88. The maximum atomic E-state index is 4.86. The molecule has 0 fully saturated rings. The summed E-state index contributed by atoms with van der Waals surface area (Å²) in [7, 11) is 0. The molecule has 0 radical (unpaired) electrons. The third kappa shape index (κ3) is 3.02. The molecule has 0 atom stereocenters. The molecular formula is C25H17N5. The van der Waals surface area contributed by atoms with Crippen LogP contribution in [0.25, 0.3) is 57.6 Å². The summed E-state index contributed by atoms with van der Waals surface area (Å²) in [5, 5.41) is 0. The molecular weight excluding hydrogens is 370 g/mol. The molecule has 6 rings (SSSR count). The number of fused-ring (bicyclic) bond motifs is 8. The van der Waals surface area contributed by atoms with Gasteiger partial charge in [-0.15, -0.1) is 0 Å². The van der Waals surface area contributed by atoms with Crippen LogP contribution in [0.4, 0.5) is 0 Å². The smallest absolute Gasteiger partial charge is 0.0753 e. The standard InChI is InChI=1S/C25H17N5/c1-2-12-26-22(3-1)25-23-10-8-20(29-23)14-18-6-4-16(27-18)13-17-5-7-19(28-17)15-21-9-11-24(25)30-21/h1-15,27-28H. The summed E-state index contributed by atoms with van der Waals surface area (Å²) in [6, 6.07) is 20.3. The highest BCUT2D eigenvalue weighted by atomic mass is 14.8. The number of H-pyrrole nitrogens is 2. The third-order valence-electron chi connectivity index (χ3n) is 5.14. The summed E-state index contributed by atoms with van der Waals surface area (Å²) in [5.41, 5.74) is 9.34. The predicted molar refractivity (Wildman–Crippen MR) is 122 cm³/mol. The topological polar surface area (TPSA) is 70.2 Å². The van der Waals surface area contributed by atoms with Gasteiger partial charge >= 0.3 is 0 Å². The zero-order chi connectivity index (χ0) is 19.9. The Bertz CT molecular complexity index is 1390. The van der Waals surface area contributed by atoms with Crippen molar-refractivity contribution in [1.82, 2.24) is 24.9 Å². The van der Waals surface area contributed by atoms with Gasteiger partial charge in [0.25, 0.3) is 0 Å². The Balaban J connectivity index is 1.73. The first kappa shape index (κ1) is 16.7. The van der Waals surface area contributed by atoms with Crippen molar-refractivity contribution < 1.29 is 0 Å². The monoisotopic (exact) mass is 387 g/mol. The molecule has 0 spiro atoms. The van der Waals surface area contributed by atoms with Gasteiger partial charge in [-0.25, -0.2) is 9.97 Å². The van der Waals surface area contributed by atoms with E-state index < -0.39 is 0 Å². The Morgan fingerprint density at radius 1 is 0.567 bits per heavy atom. The van der Waals surface area contributed by atoms with Gasteiger partial charge in [0, 0.05) is 28.3 Å². The Morgan fingerprint density at radius 2 is 1.13 bits per heavy atom. The summed E-state index contributed by atoms with van der Waals surface area (Å²) < 4.78 is 0. The molecule has 8 bridgehead atoms. The summed E-state index contributed by atoms with van der Waals surface area (Å²) in [6.45, 7) is 0. The number of hydrogen-bond acceptors (Lipinski definition) is 3. The minimum Gasteiger partial charge on any atom is -0.355 e. The first-order valence-electron chi connectivity index (χ1n) is 9.79. The minimum atomic E-state index is 0.854. The fourth-order valence-electron chi connectivity index (χ4n) is 3.78. The molecule has 30 heavy (non-hydrogen) atoms. The van der Waals surface area contributed by atoms with Crippen LogP contribution in [-0.4, -0.2) is 24.9 Å². The van der Waals surface area contributed by atoms with Gasteiger partial charge in [0.15, 0.2) is 0 Å². The SMILES string of the molecule is C1=Cc2nc1cc1ccc(cc3ccc(cc4nc(c2-c2ccccn2)C=C4)[nH]3)[nH]1. The molecule has 5 heteroatoms. The molecule has 0 saturated heterocycles. The molecule has 0 amide bonds.